The lowest BCUT2D eigenvalue weighted by atomic mass is 10.3. The summed E-state index contributed by atoms with van der Waals surface area (Å²) in [6.07, 6.45) is 0. The van der Waals surface area contributed by atoms with Gasteiger partial charge in [0.2, 0.25) is 0 Å². The molecule has 0 aromatic heterocycles. The van der Waals surface area contributed by atoms with E-state index in [2.05, 4.69) is 0 Å². The van der Waals surface area contributed by atoms with Crippen LogP contribution < -0.4 is 10.5 Å². The highest BCUT2D eigenvalue weighted by Gasteiger charge is 2.01. The number of aliphatic hydroxyl groups is 1. The molecular weight excluding hydrogens is 218 g/mol. The van der Waals surface area contributed by atoms with E-state index >= 15 is 0 Å². The van der Waals surface area contributed by atoms with Crippen LogP contribution in [0.25, 0.3) is 0 Å². The molecule has 0 radical (unpaired) electrons. The maximum atomic E-state index is 8.46. The van der Waals surface area contributed by atoms with Crippen LogP contribution in [0.5, 0.6) is 5.75 Å². The molecule has 0 amide bonds. The van der Waals surface area contributed by atoms with E-state index in [1.165, 1.54) is 0 Å². The fourth-order valence-electron chi connectivity index (χ4n) is 1.01. The second kappa shape index (κ2) is 6.50. The number of ether oxygens (including phenoxy) is 2. The smallest absolute Gasteiger partial charge is 0.140 e. The molecule has 4 nitrogen and oxygen atoms in total. The van der Waals surface area contributed by atoms with Gasteiger partial charge >= 0.3 is 0 Å². The fraction of sp³-hybridized carbons (Fsp3) is 0.400. The largest absolute Gasteiger partial charge is 0.490 e. The Balaban J connectivity index is 2.33. The molecule has 0 saturated heterocycles. The normalized spacial score (nSPS) is 10.3. The number of nitrogens with two attached hydrogens (primary N) is 1. The van der Waals surface area contributed by atoms with Gasteiger partial charge in [-0.2, -0.15) is 0 Å². The molecule has 5 heteroatoms. The zero-order valence-corrected chi connectivity index (χ0v) is 9.04. The third-order valence-corrected chi connectivity index (χ3v) is 1.99. The highest BCUT2D eigenvalue weighted by atomic mass is 35.5. The van der Waals surface area contributed by atoms with Crippen molar-refractivity contribution >= 4 is 17.3 Å². The summed E-state index contributed by atoms with van der Waals surface area (Å²) in [5.41, 5.74) is 6.18. The Kier molecular flexibility index (Phi) is 5.25. The summed E-state index contributed by atoms with van der Waals surface area (Å²) in [5, 5.41) is 8.98. The van der Waals surface area contributed by atoms with Crippen molar-refractivity contribution in [1.82, 2.24) is 0 Å². The van der Waals surface area contributed by atoms with Gasteiger partial charge in [0.1, 0.15) is 12.4 Å². The molecule has 0 spiro atoms. The maximum absolute atomic E-state index is 8.46. The number of anilines is 1. The van der Waals surface area contributed by atoms with E-state index in [1.54, 1.807) is 18.2 Å². The maximum Gasteiger partial charge on any atom is 0.140 e. The van der Waals surface area contributed by atoms with E-state index in [0.29, 0.717) is 36.3 Å². The number of rotatable bonds is 6. The number of nitrogen functional groups attached to an aromatic ring is 1. The Morgan fingerprint density at radius 3 is 2.80 bits per heavy atom. The number of halogens is 1. The minimum Gasteiger partial charge on any atom is -0.490 e. The summed E-state index contributed by atoms with van der Waals surface area (Å²) in [5.74, 6) is 0.546. The van der Waals surface area contributed by atoms with Crippen molar-refractivity contribution in [3.05, 3.63) is 23.2 Å². The first-order chi connectivity index (χ1) is 7.24. The van der Waals surface area contributed by atoms with Crippen LogP contribution in [0.3, 0.4) is 0 Å². The van der Waals surface area contributed by atoms with Crippen molar-refractivity contribution in [2.45, 2.75) is 0 Å². The van der Waals surface area contributed by atoms with Crippen molar-refractivity contribution in [3.8, 4) is 5.75 Å². The van der Waals surface area contributed by atoms with Crippen molar-refractivity contribution < 1.29 is 14.6 Å². The Morgan fingerprint density at radius 1 is 1.27 bits per heavy atom. The molecule has 0 atom stereocenters. The van der Waals surface area contributed by atoms with Crippen molar-refractivity contribution in [1.29, 1.82) is 0 Å². The average Bonchev–Trinajstić information content (AvgIpc) is 2.23. The van der Waals surface area contributed by atoms with Gasteiger partial charge in [0.15, 0.2) is 0 Å². The lowest BCUT2D eigenvalue weighted by Gasteiger charge is -2.08. The van der Waals surface area contributed by atoms with Gasteiger partial charge in [0.05, 0.1) is 24.8 Å². The van der Waals surface area contributed by atoms with Gasteiger partial charge in [-0.25, -0.2) is 0 Å². The Morgan fingerprint density at radius 2 is 2.07 bits per heavy atom. The van der Waals surface area contributed by atoms with E-state index in [0.717, 1.165) is 0 Å². The molecule has 0 saturated carbocycles. The van der Waals surface area contributed by atoms with Gasteiger partial charge < -0.3 is 20.3 Å². The van der Waals surface area contributed by atoms with E-state index in [-0.39, 0.29) is 6.61 Å². The van der Waals surface area contributed by atoms with Crippen LogP contribution in [-0.2, 0) is 4.74 Å². The quantitative estimate of drug-likeness (QED) is 0.572. The molecule has 1 rings (SSSR count). The molecule has 0 heterocycles. The number of aliphatic hydroxyl groups excluding tert-OH is 1. The van der Waals surface area contributed by atoms with E-state index in [9.17, 15) is 0 Å². The second-order valence-corrected chi connectivity index (χ2v) is 3.28. The Bertz CT molecular complexity index is 307. The summed E-state index contributed by atoms with van der Waals surface area (Å²) >= 11 is 5.87. The monoisotopic (exact) mass is 231 g/mol. The summed E-state index contributed by atoms with van der Waals surface area (Å²) in [6, 6.07) is 5.05. The molecule has 3 N–H and O–H groups in total. The lowest BCUT2D eigenvalue weighted by molar-refractivity contribution is 0.0705. The van der Waals surface area contributed by atoms with Crippen LogP contribution >= 0.6 is 11.6 Å². The van der Waals surface area contributed by atoms with Gasteiger partial charge in [-0.1, -0.05) is 11.6 Å². The topological polar surface area (TPSA) is 64.7 Å². The molecular formula is C10H14ClNO3. The van der Waals surface area contributed by atoms with Crippen LogP contribution in [0.15, 0.2) is 18.2 Å². The third kappa shape index (κ3) is 4.38. The molecule has 1 aromatic rings. The average molecular weight is 232 g/mol. The second-order valence-electron chi connectivity index (χ2n) is 2.87. The summed E-state index contributed by atoms with van der Waals surface area (Å²) in [7, 11) is 0. The molecule has 0 aliphatic heterocycles. The highest BCUT2D eigenvalue weighted by molar-refractivity contribution is 6.32. The SMILES string of the molecule is Nc1ccc(Cl)c(OCCOCCO)c1. The molecule has 1 aromatic carbocycles. The fourth-order valence-corrected chi connectivity index (χ4v) is 1.18. The lowest BCUT2D eigenvalue weighted by Crippen LogP contribution is -2.09. The summed E-state index contributed by atoms with van der Waals surface area (Å²) in [4.78, 5) is 0. The Labute approximate surface area is 93.6 Å². The minimum atomic E-state index is 0.0129. The molecule has 0 unspecified atom stereocenters. The van der Waals surface area contributed by atoms with Crippen molar-refractivity contribution in [2.24, 2.45) is 0 Å². The van der Waals surface area contributed by atoms with Crippen molar-refractivity contribution in [3.63, 3.8) is 0 Å². The number of hydrogen-bond acceptors (Lipinski definition) is 4. The third-order valence-electron chi connectivity index (χ3n) is 1.68. The van der Waals surface area contributed by atoms with Gasteiger partial charge in [0, 0.05) is 11.8 Å². The van der Waals surface area contributed by atoms with Gasteiger partial charge in [-0.05, 0) is 12.1 Å². The van der Waals surface area contributed by atoms with Crippen LogP contribution in [0.4, 0.5) is 5.69 Å². The molecule has 0 fully saturated rings. The summed E-state index contributed by atoms with van der Waals surface area (Å²) < 4.78 is 10.4. The first-order valence-electron chi connectivity index (χ1n) is 4.60. The van der Waals surface area contributed by atoms with Gasteiger partial charge in [-0.15, -0.1) is 0 Å². The standard InChI is InChI=1S/C10H14ClNO3/c11-9-2-1-8(12)7-10(9)15-6-5-14-4-3-13/h1-2,7,13H,3-6,12H2. The number of benzene rings is 1. The van der Waals surface area contributed by atoms with Gasteiger partial charge in [-0.3, -0.25) is 0 Å². The van der Waals surface area contributed by atoms with Crippen LogP contribution in [0.2, 0.25) is 5.02 Å². The van der Waals surface area contributed by atoms with E-state index < -0.39 is 0 Å². The predicted molar refractivity (Wildman–Crippen MR) is 59.3 cm³/mol. The van der Waals surface area contributed by atoms with E-state index in [4.69, 9.17) is 31.9 Å². The number of hydrogen-bond donors (Lipinski definition) is 2. The molecule has 0 aliphatic rings. The summed E-state index contributed by atoms with van der Waals surface area (Å²) in [6.45, 7) is 1.11. The van der Waals surface area contributed by atoms with E-state index in [1.807, 2.05) is 0 Å². The first-order valence-corrected chi connectivity index (χ1v) is 4.98. The van der Waals surface area contributed by atoms with Crippen molar-refractivity contribution in [2.75, 3.05) is 32.2 Å². The zero-order chi connectivity index (χ0) is 11.1. The predicted octanol–water partition coefficient (Wildman–Crippen LogP) is 1.31. The molecule has 0 bridgehead atoms. The molecule has 15 heavy (non-hydrogen) atoms. The Hall–Kier alpha value is -0.970. The molecule has 84 valence electrons. The molecule has 0 aliphatic carbocycles. The van der Waals surface area contributed by atoms with Crippen LogP contribution in [0.1, 0.15) is 0 Å². The minimum absolute atomic E-state index is 0.0129. The van der Waals surface area contributed by atoms with Crippen LogP contribution in [-0.4, -0.2) is 31.5 Å². The zero-order valence-electron chi connectivity index (χ0n) is 8.28. The van der Waals surface area contributed by atoms with Crippen LogP contribution in [0, 0.1) is 0 Å². The van der Waals surface area contributed by atoms with Gasteiger partial charge in [0.25, 0.3) is 0 Å². The highest BCUT2D eigenvalue weighted by Crippen LogP contribution is 2.26. The first kappa shape index (κ1) is 12.1.